The SMILES string of the molecule is C=CCC[C@H](NC(=O)OCC1c2ccccc2-c2ccccc21)C(=O)OC[C@H](NC(=O)[C@H](CC=C)CC(=O)NCCOCCO)C(=O)Nc1ccc2ccccc2c1. The summed E-state index contributed by atoms with van der Waals surface area (Å²) in [5, 5.41) is 21.4. The number of esters is 1. The van der Waals surface area contributed by atoms with Crippen molar-refractivity contribution in [1.82, 2.24) is 16.0 Å². The minimum atomic E-state index is -1.39. The summed E-state index contributed by atoms with van der Waals surface area (Å²) in [6, 6.07) is 26.2. The van der Waals surface area contributed by atoms with E-state index in [9.17, 15) is 24.0 Å². The maximum atomic E-state index is 13.8. The molecule has 13 nitrogen and oxygen atoms in total. The lowest BCUT2D eigenvalue weighted by Crippen LogP contribution is -2.50. The smallest absolute Gasteiger partial charge is 0.407 e. The predicted molar refractivity (Wildman–Crippen MR) is 221 cm³/mol. The van der Waals surface area contributed by atoms with Crippen LogP contribution in [0.5, 0.6) is 0 Å². The monoisotopic (exact) mass is 790 g/mol. The number of anilines is 1. The molecule has 5 rings (SSSR count). The van der Waals surface area contributed by atoms with Gasteiger partial charge in [0.15, 0.2) is 0 Å². The van der Waals surface area contributed by atoms with Gasteiger partial charge >= 0.3 is 12.1 Å². The summed E-state index contributed by atoms with van der Waals surface area (Å²) in [4.78, 5) is 66.9. The van der Waals surface area contributed by atoms with Gasteiger partial charge in [-0.3, -0.25) is 14.4 Å². The van der Waals surface area contributed by atoms with Crippen molar-refractivity contribution in [1.29, 1.82) is 0 Å². The first kappa shape index (κ1) is 42.8. The fourth-order valence-corrected chi connectivity index (χ4v) is 6.76. The number of hydrogen-bond acceptors (Lipinski definition) is 9. The van der Waals surface area contributed by atoms with Crippen molar-refractivity contribution < 1.29 is 43.3 Å². The fraction of sp³-hybridized carbons (Fsp3) is 0.311. The normalized spacial score (nSPS) is 13.2. The second kappa shape index (κ2) is 21.8. The molecule has 4 aromatic carbocycles. The molecule has 4 amide bonds. The number of benzene rings is 4. The Labute approximate surface area is 337 Å². The Morgan fingerprint density at radius 3 is 2.14 bits per heavy atom. The molecule has 58 heavy (non-hydrogen) atoms. The van der Waals surface area contributed by atoms with Gasteiger partial charge in [0.25, 0.3) is 5.91 Å². The van der Waals surface area contributed by atoms with Crippen molar-refractivity contribution in [3.63, 3.8) is 0 Å². The highest BCUT2D eigenvalue weighted by molar-refractivity contribution is 6.00. The Bertz CT molecular complexity index is 2040. The number of fused-ring (bicyclic) bond motifs is 4. The second-order valence-corrected chi connectivity index (χ2v) is 13.7. The fourth-order valence-electron chi connectivity index (χ4n) is 6.76. The summed E-state index contributed by atoms with van der Waals surface area (Å²) in [5.74, 6) is -3.68. The van der Waals surface area contributed by atoms with E-state index in [0.29, 0.717) is 12.1 Å². The van der Waals surface area contributed by atoms with E-state index >= 15 is 0 Å². The molecule has 0 aliphatic heterocycles. The molecule has 13 heteroatoms. The second-order valence-electron chi connectivity index (χ2n) is 13.7. The topological polar surface area (TPSA) is 181 Å². The Morgan fingerprint density at radius 1 is 0.759 bits per heavy atom. The Morgan fingerprint density at radius 2 is 1.45 bits per heavy atom. The van der Waals surface area contributed by atoms with Crippen molar-refractivity contribution in [2.75, 3.05) is 44.9 Å². The number of carbonyl (C=O) groups is 5. The van der Waals surface area contributed by atoms with Crippen LogP contribution in [-0.4, -0.2) is 86.6 Å². The van der Waals surface area contributed by atoms with Crippen molar-refractivity contribution in [2.45, 2.75) is 43.7 Å². The van der Waals surface area contributed by atoms with Gasteiger partial charge in [-0.05, 0) is 64.4 Å². The van der Waals surface area contributed by atoms with Gasteiger partial charge in [-0.2, -0.15) is 0 Å². The molecule has 0 radical (unpaired) electrons. The maximum absolute atomic E-state index is 13.8. The van der Waals surface area contributed by atoms with Gasteiger partial charge in [0.1, 0.15) is 25.3 Å². The van der Waals surface area contributed by atoms with Crippen molar-refractivity contribution >= 4 is 46.2 Å². The van der Waals surface area contributed by atoms with E-state index in [2.05, 4.69) is 34.4 Å². The van der Waals surface area contributed by atoms with E-state index in [-0.39, 0.29) is 58.2 Å². The Balaban J connectivity index is 1.25. The molecule has 0 fully saturated rings. The molecule has 0 bridgehead atoms. The third kappa shape index (κ3) is 11.9. The number of aliphatic hydroxyl groups is 1. The lowest BCUT2D eigenvalue weighted by atomic mass is 9.98. The quantitative estimate of drug-likeness (QED) is 0.0397. The zero-order valence-electron chi connectivity index (χ0n) is 32.3. The summed E-state index contributed by atoms with van der Waals surface area (Å²) in [6.07, 6.45) is 2.65. The number of aliphatic hydroxyl groups excluding tert-OH is 1. The molecule has 0 spiro atoms. The first-order valence-corrected chi connectivity index (χ1v) is 19.3. The largest absolute Gasteiger partial charge is 0.461 e. The van der Waals surface area contributed by atoms with Crippen LogP contribution in [0.1, 0.15) is 42.7 Å². The van der Waals surface area contributed by atoms with E-state index in [1.165, 1.54) is 6.08 Å². The van der Waals surface area contributed by atoms with E-state index in [1.54, 1.807) is 18.2 Å². The first-order chi connectivity index (χ1) is 28.2. The average molecular weight is 791 g/mol. The summed E-state index contributed by atoms with van der Waals surface area (Å²) >= 11 is 0. The van der Waals surface area contributed by atoms with Crippen molar-refractivity contribution in [3.05, 3.63) is 127 Å². The number of hydrogen-bond donors (Lipinski definition) is 5. The minimum Gasteiger partial charge on any atom is -0.461 e. The zero-order chi connectivity index (χ0) is 41.3. The van der Waals surface area contributed by atoms with Crippen LogP contribution in [0, 0.1) is 5.92 Å². The molecule has 4 aromatic rings. The van der Waals surface area contributed by atoms with Gasteiger partial charge in [0, 0.05) is 24.6 Å². The van der Waals surface area contributed by atoms with Gasteiger partial charge in [-0.15, -0.1) is 13.2 Å². The molecule has 304 valence electrons. The standard InChI is InChI=1S/C45H50N4O9/c1-3-5-19-39(49-45(55)58-28-38-36-17-10-8-15-34(36)35-16-9-11-18-37(35)38)44(54)57-29-40(43(53)47-33-21-20-30-13-6-7-14-31(30)26-33)48-42(52)32(12-4-2)27-41(51)46-22-24-56-25-23-50/h3-4,6-11,13-18,20-21,26,32,38-40,50H,1-2,5,12,19,22-25,27-29H2,(H,46,51)(H,47,53)(H,48,52)(H,49,55)/t32-,39+,40+/m1/s1. The lowest BCUT2D eigenvalue weighted by molar-refractivity contribution is -0.148. The van der Waals surface area contributed by atoms with Crippen LogP contribution < -0.4 is 21.3 Å². The van der Waals surface area contributed by atoms with Gasteiger partial charge in [-0.25, -0.2) is 9.59 Å². The van der Waals surface area contributed by atoms with Crippen molar-refractivity contribution in [2.24, 2.45) is 5.92 Å². The number of carbonyl (C=O) groups excluding carboxylic acids is 5. The van der Waals surface area contributed by atoms with Crippen molar-refractivity contribution in [3.8, 4) is 11.1 Å². The molecule has 5 N–H and O–H groups in total. The predicted octanol–water partition coefficient (Wildman–Crippen LogP) is 5.39. The van der Waals surface area contributed by atoms with Crippen LogP contribution >= 0.6 is 0 Å². The summed E-state index contributed by atoms with van der Waals surface area (Å²) in [6.45, 7) is 7.21. The van der Waals surface area contributed by atoms with Gasteiger partial charge in [0.2, 0.25) is 11.8 Å². The minimum absolute atomic E-state index is 0.0352. The van der Waals surface area contributed by atoms with Crippen LogP contribution in [0.3, 0.4) is 0 Å². The molecular weight excluding hydrogens is 741 g/mol. The molecule has 0 unspecified atom stereocenters. The Kier molecular flexibility index (Phi) is 16.1. The number of nitrogens with one attached hydrogen (secondary N) is 4. The Hall–Kier alpha value is -6.31. The van der Waals surface area contributed by atoms with Gasteiger partial charge in [0.05, 0.1) is 25.7 Å². The molecule has 0 saturated carbocycles. The maximum Gasteiger partial charge on any atom is 0.407 e. The molecule has 0 heterocycles. The highest BCUT2D eigenvalue weighted by Gasteiger charge is 2.32. The first-order valence-electron chi connectivity index (χ1n) is 19.3. The summed E-state index contributed by atoms with van der Waals surface area (Å²) in [5.41, 5.74) is 4.67. The summed E-state index contributed by atoms with van der Waals surface area (Å²) in [7, 11) is 0. The van der Waals surface area contributed by atoms with Crippen LogP contribution in [-0.2, 0) is 33.4 Å². The van der Waals surface area contributed by atoms with Crippen LogP contribution in [0.2, 0.25) is 0 Å². The molecule has 1 aliphatic rings. The molecular formula is C45H50N4O9. The number of ether oxygens (including phenoxy) is 3. The van der Waals surface area contributed by atoms with Crippen LogP contribution in [0.15, 0.2) is 116 Å². The highest BCUT2D eigenvalue weighted by atomic mass is 16.6. The number of rotatable bonds is 22. The van der Waals surface area contributed by atoms with E-state index in [0.717, 1.165) is 33.0 Å². The van der Waals surface area contributed by atoms with E-state index in [1.807, 2.05) is 78.9 Å². The third-order valence-corrected chi connectivity index (χ3v) is 9.68. The zero-order valence-corrected chi connectivity index (χ0v) is 32.3. The third-order valence-electron chi connectivity index (χ3n) is 9.68. The van der Waals surface area contributed by atoms with Crippen LogP contribution in [0.25, 0.3) is 21.9 Å². The number of alkyl carbamates (subject to hydrolysis) is 1. The lowest BCUT2D eigenvalue weighted by Gasteiger charge is -2.23. The molecule has 0 aromatic heterocycles. The van der Waals surface area contributed by atoms with Gasteiger partial charge < -0.3 is 40.6 Å². The summed E-state index contributed by atoms with van der Waals surface area (Å²) < 4.78 is 16.5. The molecule has 3 atom stereocenters. The van der Waals surface area contributed by atoms with E-state index < -0.39 is 54.4 Å². The van der Waals surface area contributed by atoms with Gasteiger partial charge in [-0.1, -0.05) is 91.0 Å². The average Bonchev–Trinajstić information content (AvgIpc) is 3.55. The molecule has 1 aliphatic carbocycles. The van der Waals surface area contributed by atoms with Crippen LogP contribution in [0.4, 0.5) is 10.5 Å². The number of allylic oxidation sites excluding steroid dienone is 2. The number of amides is 4. The highest BCUT2D eigenvalue weighted by Crippen LogP contribution is 2.44. The van der Waals surface area contributed by atoms with E-state index in [4.69, 9.17) is 19.3 Å². The molecule has 0 saturated heterocycles.